The van der Waals surface area contributed by atoms with Crippen molar-refractivity contribution in [3.05, 3.63) is 0 Å². The van der Waals surface area contributed by atoms with Crippen LogP contribution in [0.2, 0.25) is 5.32 Å². The van der Waals surface area contributed by atoms with Gasteiger partial charge in [-0.25, -0.2) is 0 Å². The Morgan fingerprint density at radius 3 is 2.36 bits per heavy atom. The van der Waals surface area contributed by atoms with Crippen molar-refractivity contribution >= 4 is 11.9 Å². The Labute approximate surface area is 80.1 Å². The van der Waals surface area contributed by atoms with Crippen LogP contribution in [0.3, 0.4) is 0 Å². The molecule has 0 aromatic rings. The Kier molecular flexibility index (Phi) is 9.88. The minimum atomic E-state index is -1.04. The van der Waals surface area contributed by atoms with Crippen molar-refractivity contribution in [3.8, 4) is 0 Å². The van der Waals surface area contributed by atoms with E-state index < -0.39 is 18.5 Å². The normalized spacial score (nSPS) is 8.45. The molecule has 0 rings (SSSR count). The van der Waals surface area contributed by atoms with Gasteiger partial charge in [0.25, 0.3) is 0 Å². The summed E-state index contributed by atoms with van der Waals surface area (Å²) in [7, 11) is 0. The number of carboxylic acids is 1. The summed E-state index contributed by atoms with van der Waals surface area (Å²) in [4.78, 5) is 19.9. The van der Waals surface area contributed by atoms with Crippen LogP contribution in [-0.4, -0.2) is 28.8 Å². The molecule has 7 heteroatoms. The van der Waals surface area contributed by atoms with Crippen LogP contribution in [0.1, 0.15) is 0 Å². The Morgan fingerprint density at radius 2 is 2.00 bits per heavy atom. The topological polar surface area (TPSA) is 83.8 Å². The summed E-state index contributed by atoms with van der Waals surface area (Å²) in [6.07, 6.45) is 0. The second-order valence-electron chi connectivity index (χ2n) is 1.22. The summed E-state index contributed by atoms with van der Waals surface area (Å²) in [6.45, 7) is -0.709. The predicted molar refractivity (Wildman–Crippen MR) is 25.6 cm³/mol. The van der Waals surface area contributed by atoms with E-state index >= 15 is 0 Å². The van der Waals surface area contributed by atoms with Crippen molar-refractivity contribution in [3.63, 3.8) is 0 Å². The number of hydrogen-bond donors (Lipinski definition) is 2. The molecule has 0 saturated heterocycles. The first kappa shape index (κ1) is 13.5. The molecule has 0 atom stereocenters. The van der Waals surface area contributed by atoms with Gasteiger partial charge in [0.2, 0.25) is 0 Å². The largest absolute Gasteiger partial charge is 0 e. The number of carboxylic acid groups (broad SMARTS) is 1. The number of aliphatic carboxylic acids is 1. The standard InChI is InChI=1S/C2H4O3.C2H3O2.2Fe/c3-1-2(4)5;1-2(3)4;;/h3H,1H2,(H,4,5);1H2,(H,3,4);;/q;;;+1/p-1. The summed E-state index contributed by atoms with van der Waals surface area (Å²) < 4.78 is 4.23. The molecule has 0 fully saturated rings. The third kappa shape index (κ3) is 9.94. The summed E-state index contributed by atoms with van der Waals surface area (Å²) in [5, 5.41) is 15.9. The van der Waals surface area contributed by atoms with Gasteiger partial charge < -0.3 is 0 Å². The van der Waals surface area contributed by atoms with Crippen molar-refractivity contribution < 1.29 is 56.0 Å². The molecule has 0 heterocycles. The van der Waals surface area contributed by atoms with Crippen LogP contribution < -0.4 is 0 Å². The second-order valence-corrected chi connectivity index (χ2v) is 2.16. The molecule has 0 aliphatic carbocycles. The van der Waals surface area contributed by atoms with Crippen LogP contribution >= 0.6 is 0 Å². The van der Waals surface area contributed by atoms with Crippen molar-refractivity contribution in [2.75, 3.05) is 6.61 Å². The van der Waals surface area contributed by atoms with E-state index in [4.69, 9.17) is 10.2 Å². The summed E-state index contributed by atoms with van der Waals surface area (Å²) >= 11 is -0.186. The quantitative estimate of drug-likeness (QED) is 0.622. The smallest absolute Gasteiger partial charge is 0 e. The van der Waals surface area contributed by atoms with Gasteiger partial charge in [0.1, 0.15) is 0 Å². The number of aliphatic hydroxyl groups is 1. The van der Waals surface area contributed by atoms with Crippen LogP contribution in [0.25, 0.3) is 0 Å². The molecule has 0 aliphatic rings. The molecule has 0 unspecified atom stereocenters. The van der Waals surface area contributed by atoms with Crippen LogP contribution in [0, 0.1) is 0 Å². The van der Waals surface area contributed by atoms with Gasteiger partial charge in [0.05, 0.1) is 0 Å². The van der Waals surface area contributed by atoms with Gasteiger partial charge in [-0.3, -0.25) is 0 Å². The molecule has 2 N–H and O–H groups in total. The average molecular weight is 246 g/mol. The zero-order valence-electron chi connectivity index (χ0n) is 5.24. The van der Waals surface area contributed by atoms with Crippen LogP contribution in [0.5, 0.6) is 0 Å². The minimum Gasteiger partial charge on any atom is 0 e. The van der Waals surface area contributed by atoms with E-state index in [2.05, 4.69) is 3.82 Å². The molecule has 0 spiro atoms. The van der Waals surface area contributed by atoms with E-state index in [1.807, 2.05) is 0 Å². The predicted octanol–water partition coefficient (Wildman–Crippen LogP) is -0.980. The van der Waals surface area contributed by atoms with E-state index in [0.29, 0.717) is 0 Å². The third-order valence-corrected chi connectivity index (χ3v) is 1.32. The van der Waals surface area contributed by atoms with E-state index in [0.717, 1.165) is 0 Å². The van der Waals surface area contributed by atoms with Crippen LogP contribution in [0.15, 0.2) is 0 Å². The molecule has 0 radical (unpaired) electrons. The summed E-state index contributed by atoms with van der Waals surface area (Å²) in [5.41, 5.74) is 0. The maximum absolute atomic E-state index is 10.1. The van der Waals surface area contributed by atoms with Gasteiger partial charge >= 0.3 is 62.8 Å². The molecule has 0 aliphatic heterocycles. The Bertz CT molecular complexity index is 136. The van der Waals surface area contributed by atoms with Gasteiger partial charge in [0.15, 0.2) is 0 Å². The molecule has 0 aromatic heterocycles. The molecule has 0 bridgehead atoms. The molecular formula is C4H6Fe2O5. The van der Waals surface area contributed by atoms with Crippen molar-refractivity contribution in [2.24, 2.45) is 0 Å². The number of hydrogen-bond acceptors (Lipinski definition) is 4. The number of carbonyl (C=O) groups excluding carboxylic acids is 1. The maximum Gasteiger partial charge on any atom is 0 e. The molecule has 0 amide bonds. The van der Waals surface area contributed by atoms with Gasteiger partial charge in [-0.1, -0.05) is 0 Å². The molecule has 5 nitrogen and oxygen atoms in total. The van der Waals surface area contributed by atoms with Crippen molar-refractivity contribution in [1.29, 1.82) is 0 Å². The number of aliphatic hydroxyl groups excluding tert-OH is 1. The average Bonchev–Trinajstić information content (AvgIpc) is 1.87. The van der Waals surface area contributed by atoms with Crippen LogP contribution in [0.4, 0.5) is 0 Å². The zero-order valence-corrected chi connectivity index (χ0v) is 7.45. The third-order valence-electron chi connectivity index (χ3n) is 0.419. The van der Waals surface area contributed by atoms with Crippen molar-refractivity contribution in [1.82, 2.24) is 0 Å². The molecule has 68 valence electrons. The van der Waals surface area contributed by atoms with E-state index in [1.165, 1.54) is 0 Å². The van der Waals surface area contributed by atoms with Gasteiger partial charge in [-0.2, -0.15) is 0 Å². The Hall–Kier alpha value is -0.0610. The maximum atomic E-state index is 10.1. The fraction of sp³-hybridized carbons (Fsp3) is 0.500. The Morgan fingerprint density at radius 1 is 1.45 bits per heavy atom. The number of rotatable bonds is 4. The summed E-state index contributed by atoms with van der Waals surface area (Å²) in [6, 6.07) is 0. The van der Waals surface area contributed by atoms with E-state index in [1.54, 1.807) is 0 Å². The first-order valence-corrected chi connectivity index (χ1v) is 3.49. The first-order valence-electron chi connectivity index (χ1n) is 2.25. The summed E-state index contributed by atoms with van der Waals surface area (Å²) in [5.74, 6) is -1.84. The van der Waals surface area contributed by atoms with Gasteiger partial charge in [-0.05, 0) is 0 Å². The molecule has 0 saturated carbocycles. The fourth-order valence-electron chi connectivity index (χ4n) is 0.149. The van der Waals surface area contributed by atoms with E-state index in [-0.39, 0.29) is 37.7 Å². The zero-order chi connectivity index (χ0) is 7.98. The SMILES string of the molecule is O=C(O)[CH2][Fe][O]C(=O)CO.[Fe]. The van der Waals surface area contributed by atoms with E-state index in [9.17, 15) is 9.59 Å². The molecular weight excluding hydrogens is 240 g/mol. The second kappa shape index (κ2) is 8.04. The molecule has 0 aromatic carbocycles. The van der Waals surface area contributed by atoms with Gasteiger partial charge in [-0.15, -0.1) is 0 Å². The van der Waals surface area contributed by atoms with Crippen LogP contribution in [-0.2, 0) is 45.8 Å². The Balaban J connectivity index is 0. The number of carbonyl (C=O) groups is 2. The molecule has 11 heavy (non-hydrogen) atoms. The van der Waals surface area contributed by atoms with Gasteiger partial charge in [0, 0.05) is 17.1 Å². The fourth-order valence-corrected chi connectivity index (χ4v) is 0.614. The minimum absolute atomic E-state index is 0. The van der Waals surface area contributed by atoms with Crippen molar-refractivity contribution in [2.45, 2.75) is 5.32 Å². The monoisotopic (exact) mass is 246 g/mol. The first-order chi connectivity index (χ1) is 4.66.